The molecule has 0 unspecified atom stereocenters. The van der Waals surface area contributed by atoms with Gasteiger partial charge >= 0.3 is 5.97 Å². The standard InChI is InChI=1S/C19H14O3/c20-18-16(19(21)22)12-11-15(13-7-3-1-4-8-13)17(18)14-9-5-2-6-10-14/h1-12,20H,(H,21,22). The van der Waals surface area contributed by atoms with Crippen LogP contribution in [0.2, 0.25) is 0 Å². The summed E-state index contributed by atoms with van der Waals surface area (Å²) < 4.78 is 0. The van der Waals surface area contributed by atoms with Crippen molar-refractivity contribution in [1.82, 2.24) is 0 Å². The van der Waals surface area contributed by atoms with Gasteiger partial charge in [-0.15, -0.1) is 0 Å². The molecule has 108 valence electrons. The van der Waals surface area contributed by atoms with Gasteiger partial charge in [0.1, 0.15) is 11.3 Å². The molecular formula is C19H14O3. The van der Waals surface area contributed by atoms with Gasteiger partial charge in [-0.25, -0.2) is 4.79 Å². The molecule has 3 aromatic carbocycles. The van der Waals surface area contributed by atoms with Gasteiger partial charge in [-0.2, -0.15) is 0 Å². The molecule has 3 heteroatoms. The van der Waals surface area contributed by atoms with Crippen LogP contribution in [0.15, 0.2) is 72.8 Å². The van der Waals surface area contributed by atoms with Crippen molar-refractivity contribution in [2.24, 2.45) is 0 Å². The van der Waals surface area contributed by atoms with Gasteiger partial charge in [0, 0.05) is 5.56 Å². The van der Waals surface area contributed by atoms with E-state index in [1.807, 2.05) is 60.7 Å². The molecule has 0 aliphatic rings. The molecule has 22 heavy (non-hydrogen) atoms. The first-order valence-electron chi connectivity index (χ1n) is 6.88. The molecule has 0 aromatic heterocycles. The lowest BCUT2D eigenvalue weighted by atomic mass is 9.91. The van der Waals surface area contributed by atoms with Crippen LogP contribution in [-0.2, 0) is 0 Å². The lowest BCUT2D eigenvalue weighted by molar-refractivity contribution is 0.0694. The highest BCUT2D eigenvalue weighted by Crippen LogP contribution is 2.40. The average Bonchev–Trinajstić information content (AvgIpc) is 2.55. The Balaban J connectivity index is 2.32. The van der Waals surface area contributed by atoms with Crippen molar-refractivity contribution in [3.8, 4) is 28.0 Å². The number of aromatic carboxylic acids is 1. The Bertz CT molecular complexity index is 809. The van der Waals surface area contributed by atoms with Crippen molar-refractivity contribution >= 4 is 5.97 Å². The number of aromatic hydroxyl groups is 1. The maximum atomic E-state index is 11.3. The minimum atomic E-state index is -1.14. The maximum Gasteiger partial charge on any atom is 0.339 e. The van der Waals surface area contributed by atoms with E-state index in [4.69, 9.17) is 0 Å². The highest BCUT2D eigenvalue weighted by atomic mass is 16.4. The van der Waals surface area contributed by atoms with Crippen LogP contribution in [-0.4, -0.2) is 16.2 Å². The van der Waals surface area contributed by atoms with E-state index in [1.165, 1.54) is 6.07 Å². The number of benzene rings is 3. The van der Waals surface area contributed by atoms with Crippen molar-refractivity contribution in [2.75, 3.05) is 0 Å². The topological polar surface area (TPSA) is 57.5 Å². The molecule has 3 aromatic rings. The summed E-state index contributed by atoms with van der Waals surface area (Å²) in [6.07, 6.45) is 0. The van der Waals surface area contributed by atoms with Crippen molar-refractivity contribution in [3.05, 3.63) is 78.4 Å². The first-order chi connectivity index (χ1) is 10.7. The fourth-order valence-corrected chi connectivity index (χ4v) is 2.52. The van der Waals surface area contributed by atoms with Crippen LogP contribution in [0.1, 0.15) is 10.4 Å². The molecule has 3 nitrogen and oxygen atoms in total. The summed E-state index contributed by atoms with van der Waals surface area (Å²) >= 11 is 0. The monoisotopic (exact) mass is 290 g/mol. The molecule has 0 heterocycles. The van der Waals surface area contributed by atoms with Crippen molar-refractivity contribution in [2.45, 2.75) is 0 Å². The number of hydrogen-bond donors (Lipinski definition) is 2. The number of hydrogen-bond acceptors (Lipinski definition) is 2. The zero-order valence-electron chi connectivity index (χ0n) is 11.7. The van der Waals surface area contributed by atoms with Gasteiger partial charge in [-0.1, -0.05) is 66.7 Å². The van der Waals surface area contributed by atoms with E-state index in [1.54, 1.807) is 6.07 Å². The van der Waals surface area contributed by atoms with Crippen LogP contribution in [0.25, 0.3) is 22.3 Å². The Labute approximate surface area is 128 Å². The molecule has 0 saturated carbocycles. The number of carbonyl (C=O) groups is 1. The Morgan fingerprint density at radius 2 is 1.27 bits per heavy atom. The van der Waals surface area contributed by atoms with E-state index < -0.39 is 5.97 Å². The van der Waals surface area contributed by atoms with Gasteiger partial charge in [0.15, 0.2) is 0 Å². The predicted octanol–water partition coefficient (Wildman–Crippen LogP) is 4.42. The SMILES string of the molecule is O=C(O)c1ccc(-c2ccccc2)c(-c2ccccc2)c1O. The van der Waals surface area contributed by atoms with E-state index in [2.05, 4.69) is 0 Å². The molecule has 0 fully saturated rings. The van der Waals surface area contributed by atoms with Crippen LogP contribution in [0.4, 0.5) is 0 Å². The minimum absolute atomic E-state index is 0.0986. The van der Waals surface area contributed by atoms with Crippen LogP contribution < -0.4 is 0 Å². The lowest BCUT2D eigenvalue weighted by Crippen LogP contribution is -1.99. The molecule has 0 radical (unpaired) electrons. The largest absolute Gasteiger partial charge is 0.506 e. The smallest absolute Gasteiger partial charge is 0.339 e. The fourth-order valence-electron chi connectivity index (χ4n) is 2.52. The summed E-state index contributed by atoms with van der Waals surface area (Å²) in [4.78, 5) is 11.3. The van der Waals surface area contributed by atoms with E-state index in [-0.39, 0.29) is 11.3 Å². The maximum absolute atomic E-state index is 11.3. The van der Waals surface area contributed by atoms with E-state index in [0.717, 1.165) is 16.7 Å². The number of carboxylic acids is 1. The normalized spacial score (nSPS) is 10.4. The number of phenols is 1. The van der Waals surface area contributed by atoms with E-state index in [0.29, 0.717) is 5.56 Å². The van der Waals surface area contributed by atoms with E-state index >= 15 is 0 Å². The minimum Gasteiger partial charge on any atom is -0.506 e. The Morgan fingerprint density at radius 1 is 0.727 bits per heavy atom. The van der Waals surface area contributed by atoms with Crippen molar-refractivity contribution in [3.63, 3.8) is 0 Å². The first kappa shape index (κ1) is 13.9. The second kappa shape index (κ2) is 5.74. The Hall–Kier alpha value is -3.07. The van der Waals surface area contributed by atoms with E-state index in [9.17, 15) is 15.0 Å². The second-order valence-corrected chi connectivity index (χ2v) is 4.92. The molecule has 0 aliphatic carbocycles. The van der Waals surface area contributed by atoms with Crippen molar-refractivity contribution in [1.29, 1.82) is 0 Å². The third-order valence-electron chi connectivity index (χ3n) is 3.56. The van der Waals surface area contributed by atoms with Crippen LogP contribution in [0.3, 0.4) is 0 Å². The van der Waals surface area contributed by atoms with Gasteiger partial charge in [-0.3, -0.25) is 0 Å². The van der Waals surface area contributed by atoms with Gasteiger partial charge < -0.3 is 10.2 Å². The predicted molar refractivity (Wildman–Crippen MR) is 85.9 cm³/mol. The van der Waals surface area contributed by atoms with Crippen LogP contribution in [0.5, 0.6) is 5.75 Å². The quantitative estimate of drug-likeness (QED) is 0.750. The molecule has 0 saturated heterocycles. The third kappa shape index (κ3) is 2.44. The van der Waals surface area contributed by atoms with Crippen molar-refractivity contribution < 1.29 is 15.0 Å². The molecule has 2 N–H and O–H groups in total. The molecule has 0 aliphatic heterocycles. The number of rotatable bonds is 3. The molecule has 0 amide bonds. The molecular weight excluding hydrogens is 276 g/mol. The molecule has 0 spiro atoms. The summed E-state index contributed by atoms with van der Waals surface area (Å²) in [5.74, 6) is -1.35. The second-order valence-electron chi connectivity index (χ2n) is 4.92. The van der Waals surface area contributed by atoms with Crippen LogP contribution in [0, 0.1) is 0 Å². The molecule has 0 atom stereocenters. The highest BCUT2D eigenvalue weighted by molar-refractivity contribution is 5.98. The third-order valence-corrected chi connectivity index (χ3v) is 3.56. The van der Waals surface area contributed by atoms with Gasteiger partial charge in [0.25, 0.3) is 0 Å². The summed E-state index contributed by atoms with van der Waals surface area (Å²) in [7, 11) is 0. The lowest BCUT2D eigenvalue weighted by Gasteiger charge is -2.14. The first-order valence-corrected chi connectivity index (χ1v) is 6.88. The van der Waals surface area contributed by atoms with Gasteiger partial charge in [0.2, 0.25) is 0 Å². The Kier molecular flexibility index (Phi) is 3.62. The van der Waals surface area contributed by atoms with Gasteiger partial charge in [-0.05, 0) is 22.8 Å². The summed E-state index contributed by atoms with van der Waals surface area (Å²) in [5, 5.41) is 19.7. The summed E-state index contributed by atoms with van der Waals surface area (Å²) in [6.45, 7) is 0. The summed E-state index contributed by atoms with van der Waals surface area (Å²) in [5.41, 5.74) is 2.94. The zero-order valence-corrected chi connectivity index (χ0v) is 11.7. The van der Waals surface area contributed by atoms with Gasteiger partial charge in [0.05, 0.1) is 0 Å². The highest BCUT2D eigenvalue weighted by Gasteiger charge is 2.19. The summed E-state index contributed by atoms with van der Waals surface area (Å²) in [6, 6.07) is 22.1. The average molecular weight is 290 g/mol. The number of carboxylic acid groups (broad SMARTS) is 1. The van der Waals surface area contributed by atoms with Crippen LogP contribution >= 0.6 is 0 Å². The fraction of sp³-hybridized carbons (Fsp3) is 0. The molecule has 3 rings (SSSR count). The Morgan fingerprint density at radius 3 is 1.82 bits per heavy atom. The molecule has 0 bridgehead atoms. The zero-order chi connectivity index (χ0) is 15.5.